The molecule has 32 heavy (non-hydrogen) atoms. The fourth-order valence-corrected chi connectivity index (χ4v) is 4.16. The minimum Gasteiger partial charge on any atom is -0.497 e. The van der Waals surface area contributed by atoms with Crippen LogP contribution >= 0.6 is 0 Å². The third-order valence-corrected chi connectivity index (χ3v) is 5.68. The van der Waals surface area contributed by atoms with Gasteiger partial charge in [0, 0.05) is 30.5 Å². The summed E-state index contributed by atoms with van der Waals surface area (Å²) in [5.41, 5.74) is 2.38. The van der Waals surface area contributed by atoms with Gasteiger partial charge in [0.2, 0.25) is 0 Å². The number of methoxy groups -OCH3 is 4. The van der Waals surface area contributed by atoms with Crippen LogP contribution in [0.2, 0.25) is 0 Å². The molecule has 0 saturated heterocycles. The predicted molar refractivity (Wildman–Crippen MR) is 121 cm³/mol. The molecule has 1 aliphatic heterocycles. The number of nitrogens with zero attached hydrogens (tertiary/aromatic N) is 2. The number of hydrogen-bond donors (Lipinski definition) is 1. The van der Waals surface area contributed by atoms with E-state index in [4.69, 9.17) is 18.9 Å². The number of aromatic nitrogens is 1. The van der Waals surface area contributed by atoms with E-state index in [1.807, 2.05) is 36.5 Å². The smallest absolute Gasteiger partial charge is 0.322 e. The first-order valence-electron chi connectivity index (χ1n) is 10.3. The van der Waals surface area contributed by atoms with Crippen molar-refractivity contribution in [3.05, 3.63) is 66.0 Å². The second-order valence-electron chi connectivity index (χ2n) is 7.30. The Morgan fingerprint density at radius 2 is 1.72 bits per heavy atom. The van der Waals surface area contributed by atoms with Crippen LogP contribution in [0.25, 0.3) is 0 Å². The molecule has 2 aromatic carbocycles. The van der Waals surface area contributed by atoms with Gasteiger partial charge in [-0.25, -0.2) is 4.79 Å². The normalized spacial score (nSPS) is 15.0. The van der Waals surface area contributed by atoms with Gasteiger partial charge in [0.1, 0.15) is 17.5 Å². The molecular weight excluding hydrogens is 410 g/mol. The molecule has 1 aromatic heterocycles. The molecule has 1 atom stereocenters. The zero-order valence-corrected chi connectivity index (χ0v) is 18.6. The fourth-order valence-electron chi connectivity index (χ4n) is 4.16. The Bertz CT molecular complexity index is 1110. The zero-order chi connectivity index (χ0) is 22.7. The minimum absolute atomic E-state index is 0.251. The number of para-hydroxylation sites is 1. The molecule has 0 saturated carbocycles. The molecule has 2 amide bonds. The summed E-state index contributed by atoms with van der Waals surface area (Å²) in [6, 6.07) is 14.4. The topological polar surface area (TPSA) is 74.2 Å². The molecule has 0 unspecified atom stereocenters. The molecule has 0 radical (unpaired) electrons. The quantitative estimate of drug-likeness (QED) is 0.627. The van der Waals surface area contributed by atoms with Gasteiger partial charge in [-0.15, -0.1) is 0 Å². The summed E-state index contributed by atoms with van der Waals surface area (Å²) in [5, 5.41) is 3.00. The Morgan fingerprint density at radius 1 is 0.906 bits per heavy atom. The second-order valence-corrected chi connectivity index (χ2v) is 7.30. The molecule has 168 valence electrons. The molecule has 8 nitrogen and oxygen atoms in total. The first kappa shape index (κ1) is 21.4. The van der Waals surface area contributed by atoms with Gasteiger partial charge >= 0.3 is 6.03 Å². The Balaban J connectivity index is 1.75. The molecule has 1 N–H and O–H groups in total. The monoisotopic (exact) mass is 437 g/mol. The van der Waals surface area contributed by atoms with Crippen LogP contribution in [-0.2, 0) is 6.54 Å². The number of rotatable bonds is 6. The summed E-state index contributed by atoms with van der Waals surface area (Å²) < 4.78 is 24.1. The van der Waals surface area contributed by atoms with E-state index in [0.717, 1.165) is 11.3 Å². The second kappa shape index (κ2) is 9.13. The molecule has 4 rings (SSSR count). The average Bonchev–Trinajstić information content (AvgIpc) is 3.31. The van der Waals surface area contributed by atoms with Crippen molar-refractivity contribution in [3.8, 4) is 23.0 Å². The lowest BCUT2D eigenvalue weighted by Crippen LogP contribution is -2.44. The molecule has 2 heterocycles. The number of carbonyl (C=O) groups excluding carboxylic acids is 1. The third-order valence-electron chi connectivity index (χ3n) is 5.68. The van der Waals surface area contributed by atoms with Crippen molar-refractivity contribution in [1.29, 1.82) is 0 Å². The van der Waals surface area contributed by atoms with E-state index < -0.39 is 0 Å². The maximum Gasteiger partial charge on any atom is 0.322 e. The summed E-state index contributed by atoms with van der Waals surface area (Å²) in [6.45, 7) is 1.21. The maximum absolute atomic E-state index is 13.5. The molecule has 8 heteroatoms. The highest BCUT2D eigenvalue weighted by Crippen LogP contribution is 2.40. The zero-order valence-electron chi connectivity index (χ0n) is 18.6. The van der Waals surface area contributed by atoms with Gasteiger partial charge in [0.05, 0.1) is 34.1 Å². The van der Waals surface area contributed by atoms with Crippen LogP contribution in [0.4, 0.5) is 10.5 Å². The van der Waals surface area contributed by atoms with Gasteiger partial charge < -0.3 is 33.7 Å². The van der Waals surface area contributed by atoms with E-state index >= 15 is 0 Å². The van der Waals surface area contributed by atoms with Crippen LogP contribution < -0.4 is 24.3 Å². The Labute approximate surface area is 187 Å². The highest BCUT2D eigenvalue weighted by Gasteiger charge is 2.34. The van der Waals surface area contributed by atoms with Crippen molar-refractivity contribution in [3.63, 3.8) is 0 Å². The fraction of sp³-hybridized carbons (Fsp3) is 0.292. The van der Waals surface area contributed by atoms with Crippen LogP contribution in [0, 0.1) is 0 Å². The van der Waals surface area contributed by atoms with Crippen molar-refractivity contribution in [2.75, 3.05) is 40.3 Å². The SMILES string of the molecule is COc1ccc(OC)c([C@H]2c3cccn3CCN2C(=O)Nc2cccc(OC)c2OC)c1. The number of carbonyl (C=O) groups is 1. The summed E-state index contributed by atoms with van der Waals surface area (Å²) in [6.07, 6.45) is 2.02. The van der Waals surface area contributed by atoms with E-state index in [1.165, 1.54) is 0 Å². The number of benzene rings is 2. The van der Waals surface area contributed by atoms with E-state index in [-0.39, 0.29) is 12.1 Å². The van der Waals surface area contributed by atoms with Gasteiger partial charge in [0.15, 0.2) is 11.5 Å². The van der Waals surface area contributed by atoms with Crippen LogP contribution in [0.1, 0.15) is 17.3 Å². The van der Waals surface area contributed by atoms with Crippen molar-refractivity contribution < 1.29 is 23.7 Å². The Morgan fingerprint density at radius 3 is 2.44 bits per heavy atom. The molecular formula is C24H27N3O5. The number of nitrogens with one attached hydrogen (secondary N) is 1. The van der Waals surface area contributed by atoms with Gasteiger partial charge in [-0.05, 0) is 42.5 Å². The summed E-state index contributed by atoms with van der Waals surface area (Å²) >= 11 is 0. The van der Waals surface area contributed by atoms with E-state index in [9.17, 15) is 4.79 Å². The maximum atomic E-state index is 13.5. The lowest BCUT2D eigenvalue weighted by molar-refractivity contribution is 0.180. The number of anilines is 1. The van der Waals surface area contributed by atoms with Gasteiger partial charge in [-0.3, -0.25) is 0 Å². The first-order valence-corrected chi connectivity index (χ1v) is 10.3. The number of urea groups is 1. The van der Waals surface area contributed by atoms with E-state index in [1.54, 1.807) is 51.5 Å². The van der Waals surface area contributed by atoms with Crippen LogP contribution in [-0.4, -0.2) is 50.5 Å². The van der Waals surface area contributed by atoms with Crippen molar-refractivity contribution in [1.82, 2.24) is 9.47 Å². The van der Waals surface area contributed by atoms with E-state index in [2.05, 4.69) is 9.88 Å². The summed E-state index contributed by atoms with van der Waals surface area (Å²) in [5.74, 6) is 2.39. The highest BCUT2D eigenvalue weighted by atomic mass is 16.5. The summed E-state index contributed by atoms with van der Waals surface area (Å²) in [4.78, 5) is 15.3. The first-order chi connectivity index (χ1) is 15.6. The molecule has 1 aliphatic rings. The number of ether oxygens (including phenoxy) is 4. The van der Waals surface area contributed by atoms with Crippen molar-refractivity contribution in [2.24, 2.45) is 0 Å². The summed E-state index contributed by atoms with van der Waals surface area (Å²) in [7, 11) is 6.35. The Hall–Kier alpha value is -3.81. The molecule has 3 aromatic rings. The lowest BCUT2D eigenvalue weighted by Gasteiger charge is -2.38. The number of amides is 2. The standard InChI is InChI=1S/C24H27N3O5/c1-29-16-10-11-20(30-2)17(15-16)22-19-8-6-12-26(19)13-14-27(22)24(28)25-18-7-5-9-21(31-3)23(18)32-4/h5-12,15,22H,13-14H2,1-4H3,(H,25,28)/t22-/m0/s1. The van der Waals surface area contributed by atoms with Crippen molar-refractivity contribution >= 4 is 11.7 Å². The average molecular weight is 437 g/mol. The van der Waals surface area contributed by atoms with Crippen LogP contribution in [0.5, 0.6) is 23.0 Å². The van der Waals surface area contributed by atoms with Crippen molar-refractivity contribution in [2.45, 2.75) is 12.6 Å². The predicted octanol–water partition coefficient (Wildman–Crippen LogP) is 4.16. The van der Waals surface area contributed by atoms with Gasteiger partial charge in [-0.2, -0.15) is 0 Å². The van der Waals surface area contributed by atoms with Crippen LogP contribution in [0.15, 0.2) is 54.7 Å². The van der Waals surface area contributed by atoms with Gasteiger partial charge in [-0.1, -0.05) is 6.07 Å². The number of hydrogen-bond acceptors (Lipinski definition) is 5. The van der Waals surface area contributed by atoms with Crippen LogP contribution in [0.3, 0.4) is 0 Å². The molecule has 0 spiro atoms. The highest BCUT2D eigenvalue weighted by molar-refractivity contribution is 5.92. The minimum atomic E-state index is -0.361. The molecule has 0 aliphatic carbocycles. The number of fused-ring (bicyclic) bond motifs is 1. The van der Waals surface area contributed by atoms with Gasteiger partial charge in [0.25, 0.3) is 0 Å². The molecule has 0 bridgehead atoms. The Kier molecular flexibility index (Phi) is 6.11. The van der Waals surface area contributed by atoms with E-state index in [0.29, 0.717) is 41.8 Å². The largest absolute Gasteiger partial charge is 0.497 e. The third kappa shape index (κ3) is 3.79. The lowest BCUT2D eigenvalue weighted by atomic mass is 9.98. The molecule has 0 fully saturated rings.